The molecule has 2 N–H and O–H groups in total. The summed E-state index contributed by atoms with van der Waals surface area (Å²) in [7, 11) is 0. The molecule has 1 aromatic carbocycles. The molecule has 0 bridgehead atoms. The van der Waals surface area contributed by atoms with E-state index in [2.05, 4.69) is 12.2 Å². The van der Waals surface area contributed by atoms with E-state index in [-0.39, 0.29) is 17.5 Å². The van der Waals surface area contributed by atoms with Gasteiger partial charge >= 0.3 is 0 Å². The second kappa shape index (κ2) is 5.91. The standard InChI is InChI=1S/C14H20N2O3/c1-10(11-5-3-2-4-6-11)15-13-8-7-12(17)9-14(13)16(18)19/h7-11,15,17H,2-6H2,1H3. The largest absolute Gasteiger partial charge is 0.508 e. The fraction of sp³-hybridized carbons (Fsp3) is 0.571. The van der Waals surface area contributed by atoms with Gasteiger partial charge in [0.1, 0.15) is 11.4 Å². The molecule has 0 heterocycles. The van der Waals surface area contributed by atoms with Crippen molar-refractivity contribution in [1.29, 1.82) is 0 Å². The summed E-state index contributed by atoms with van der Waals surface area (Å²) in [5.74, 6) is 0.490. The fourth-order valence-corrected chi connectivity index (χ4v) is 2.79. The van der Waals surface area contributed by atoms with Crippen LogP contribution in [0.25, 0.3) is 0 Å². The van der Waals surface area contributed by atoms with Gasteiger partial charge in [-0.2, -0.15) is 0 Å². The molecule has 2 rings (SSSR count). The molecule has 0 aromatic heterocycles. The average molecular weight is 264 g/mol. The zero-order chi connectivity index (χ0) is 13.8. The smallest absolute Gasteiger partial charge is 0.296 e. The van der Waals surface area contributed by atoms with E-state index < -0.39 is 4.92 Å². The summed E-state index contributed by atoms with van der Waals surface area (Å²) in [4.78, 5) is 10.5. The second-order valence-electron chi connectivity index (χ2n) is 5.29. The van der Waals surface area contributed by atoms with Gasteiger partial charge in [-0.15, -0.1) is 0 Å². The van der Waals surface area contributed by atoms with Gasteiger partial charge in [-0.05, 0) is 37.8 Å². The van der Waals surface area contributed by atoms with Crippen LogP contribution in [0.3, 0.4) is 0 Å². The lowest BCUT2D eigenvalue weighted by Crippen LogP contribution is -2.27. The predicted molar refractivity (Wildman–Crippen MR) is 74.4 cm³/mol. The van der Waals surface area contributed by atoms with Crippen LogP contribution < -0.4 is 5.32 Å². The van der Waals surface area contributed by atoms with E-state index in [1.807, 2.05) is 0 Å². The monoisotopic (exact) mass is 264 g/mol. The highest BCUT2D eigenvalue weighted by atomic mass is 16.6. The molecule has 0 spiro atoms. The summed E-state index contributed by atoms with van der Waals surface area (Å²) in [6.07, 6.45) is 6.14. The average Bonchev–Trinajstić information content (AvgIpc) is 2.41. The molecule has 1 unspecified atom stereocenters. The Kier molecular flexibility index (Phi) is 4.24. The van der Waals surface area contributed by atoms with Crippen LogP contribution in [-0.2, 0) is 0 Å². The van der Waals surface area contributed by atoms with Crippen LogP contribution in [0.1, 0.15) is 39.0 Å². The minimum atomic E-state index is -0.463. The van der Waals surface area contributed by atoms with Gasteiger partial charge in [0.05, 0.1) is 11.0 Å². The number of benzene rings is 1. The van der Waals surface area contributed by atoms with Crippen LogP contribution in [0.5, 0.6) is 5.75 Å². The van der Waals surface area contributed by atoms with Crippen molar-refractivity contribution in [2.45, 2.75) is 45.1 Å². The van der Waals surface area contributed by atoms with Crippen molar-refractivity contribution < 1.29 is 10.0 Å². The maximum atomic E-state index is 11.0. The molecule has 0 amide bonds. The van der Waals surface area contributed by atoms with Gasteiger partial charge in [-0.3, -0.25) is 10.1 Å². The Morgan fingerprint density at radius 3 is 2.68 bits per heavy atom. The van der Waals surface area contributed by atoms with Gasteiger partial charge in [0.25, 0.3) is 5.69 Å². The molecule has 1 fully saturated rings. The molecule has 1 aliphatic rings. The molecular weight excluding hydrogens is 244 g/mol. The molecule has 0 saturated heterocycles. The minimum absolute atomic E-state index is 0.0670. The maximum absolute atomic E-state index is 11.0. The number of phenols is 1. The van der Waals surface area contributed by atoms with Crippen molar-refractivity contribution in [2.24, 2.45) is 5.92 Å². The first-order valence-corrected chi connectivity index (χ1v) is 6.82. The Bertz CT molecular complexity index is 456. The van der Waals surface area contributed by atoms with Crippen molar-refractivity contribution in [1.82, 2.24) is 0 Å². The number of nitro benzene ring substituents is 1. The predicted octanol–water partition coefficient (Wildman–Crippen LogP) is 3.68. The molecule has 1 aromatic rings. The van der Waals surface area contributed by atoms with Crippen LogP contribution in [-0.4, -0.2) is 16.1 Å². The van der Waals surface area contributed by atoms with Crippen molar-refractivity contribution in [2.75, 3.05) is 5.32 Å². The molecule has 1 atom stereocenters. The third-order valence-electron chi connectivity index (χ3n) is 3.92. The summed E-state index contributed by atoms with van der Waals surface area (Å²) in [6.45, 7) is 2.08. The third kappa shape index (κ3) is 3.36. The van der Waals surface area contributed by atoms with E-state index in [4.69, 9.17) is 0 Å². The van der Waals surface area contributed by atoms with E-state index in [9.17, 15) is 15.2 Å². The first kappa shape index (κ1) is 13.6. The van der Waals surface area contributed by atoms with E-state index in [1.165, 1.54) is 44.2 Å². The van der Waals surface area contributed by atoms with E-state index >= 15 is 0 Å². The SMILES string of the molecule is CC(Nc1ccc(O)cc1[N+](=O)[O-])C1CCCCC1. The second-order valence-corrected chi connectivity index (χ2v) is 5.29. The molecule has 1 saturated carbocycles. The van der Waals surface area contributed by atoms with Gasteiger partial charge in [0, 0.05) is 6.04 Å². The van der Waals surface area contributed by atoms with Crippen molar-refractivity contribution in [3.8, 4) is 5.75 Å². The third-order valence-corrected chi connectivity index (χ3v) is 3.92. The van der Waals surface area contributed by atoms with Crippen LogP contribution in [0, 0.1) is 16.0 Å². The summed E-state index contributed by atoms with van der Waals surface area (Å²) >= 11 is 0. The number of hydrogen-bond donors (Lipinski definition) is 2. The van der Waals surface area contributed by atoms with Gasteiger partial charge in [-0.25, -0.2) is 0 Å². The number of nitro groups is 1. The fourth-order valence-electron chi connectivity index (χ4n) is 2.79. The lowest BCUT2D eigenvalue weighted by atomic mass is 9.84. The minimum Gasteiger partial charge on any atom is -0.508 e. The molecule has 1 aliphatic carbocycles. The summed E-state index contributed by atoms with van der Waals surface area (Å²) < 4.78 is 0. The molecule has 5 nitrogen and oxygen atoms in total. The molecule has 0 radical (unpaired) electrons. The maximum Gasteiger partial charge on any atom is 0.296 e. The number of rotatable bonds is 4. The molecule has 104 valence electrons. The number of phenolic OH excluding ortho intramolecular Hbond substituents is 1. The highest BCUT2D eigenvalue weighted by molar-refractivity contribution is 5.64. The quantitative estimate of drug-likeness (QED) is 0.494. The molecule has 5 heteroatoms. The zero-order valence-electron chi connectivity index (χ0n) is 11.1. The number of hydrogen-bond acceptors (Lipinski definition) is 4. The Labute approximate surface area is 112 Å². The Hall–Kier alpha value is -1.78. The topological polar surface area (TPSA) is 75.4 Å². The van der Waals surface area contributed by atoms with Crippen LogP contribution in [0.15, 0.2) is 18.2 Å². The van der Waals surface area contributed by atoms with Crippen LogP contribution >= 0.6 is 0 Å². The number of nitrogens with zero attached hydrogens (tertiary/aromatic N) is 1. The van der Waals surface area contributed by atoms with Gasteiger partial charge in [0.15, 0.2) is 0 Å². The molecular formula is C14H20N2O3. The summed E-state index contributed by atoms with van der Waals surface area (Å²) in [6, 6.07) is 4.45. The number of nitrogens with one attached hydrogen (secondary N) is 1. The number of aromatic hydroxyl groups is 1. The first-order chi connectivity index (χ1) is 9.08. The van der Waals surface area contributed by atoms with Crippen molar-refractivity contribution >= 4 is 11.4 Å². The summed E-state index contributed by atoms with van der Waals surface area (Å²) in [5, 5.41) is 23.6. The van der Waals surface area contributed by atoms with E-state index in [0.29, 0.717) is 11.6 Å². The van der Waals surface area contributed by atoms with Crippen LogP contribution in [0.2, 0.25) is 0 Å². The van der Waals surface area contributed by atoms with E-state index in [1.54, 1.807) is 6.07 Å². The molecule has 0 aliphatic heterocycles. The van der Waals surface area contributed by atoms with Gasteiger partial charge in [0.2, 0.25) is 0 Å². The zero-order valence-corrected chi connectivity index (χ0v) is 11.1. The lowest BCUT2D eigenvalue weighted by molar-refractivity contribution is -0.384. The van der Waals surface area contributed by atoms with Crippen LogP contribution in [0.4, 0.5) is 11.4 Å². The normalized spacial score (nSPS) is 17.9. The van der Waals surface area contributed by atoms with Crippen molar-refractivity contribution in [3.63, 3.8) is 0 Å². The first-order valence-electron chi connectivity index (χ1n) is 6.82. The van der Waals surface area contributed by atoms with Crippen molar-refractivity contribution in [3.05, 3.63) is 28.3 Å². The van der Waals surface area contributed by atoms with Gasteiger partial charge in [-0.1, -0.05) is 19.3 Å². The highest BCUT2D eigenvalue weighted by Gasteiger charge is 2.22. The highest BCUT2D eigenvalue weighted by Crippen LogP contribution is 2.32. The Morgan fingerprint density at radius 1 is 1.37 bits per heavy atom. The lowest BCUT2D eigenvalue weighted by Gasteiger charge is -2.28. The van der Waals surface area contributed by atoms with E-state index in [0.717, 1.165) is 0 Å². The Morgan fingerprint density at radius 2 is 2.05 bits per heavy atom. The Balaban J connectivity index is 2.11. The van der Waals surface area contributed by atoms with Gasteiger partial charge < -0.3 is 10.4 Å². The number of anilines is 1. The molecule has 19 heavy (non-hydrogen) atoms. The summed E-state index contributed by atoms with van der Waals surface area (Å²) in [5.41, 5.74) is 0.420.